The highest BCUT2D eigenvalue weighted by Gasteiger charge is 2.15. The smallest absolute Gasteiger partial charge is 0.0555 e. The Morgan fingerprint density at radius 2 is 2.10 bits per heavy atom. The number of hydrogen-bond donors (Lipinski definition) is 0. The van der Waals surface area contributed by atoms with Gasteiger partial charge in [-0.2, -0.15) is 0 Å². The van der Waals surface area contributed by atoms with Crippen molar-refractivity contribution in [2.45, 2.75) is 6.42 Å². The summed E-state index contributed by atoms with van der Waals surface area (Å²) in [7, 11) is 0. The van der Waals surface area contributed by atoms with Crippen LogP contribution in [0, 0.1) is 0 Å². The van der Waals surface area contributed by atoms with Crippen LogP contribution in [0.5, 0.6) is 0 Å². The van der Waals surface area contributed by atoms with Crippen LogP contribution in [0.2, 0.25) is 0 Å². The zero-order chi connectivity index (χ0) is 6.97. The van der Waals surface area contributed by atoms with Gasteiger partial charge in [-0.15, -0.1) is 0 Å². The summed E-state index contributed by atoms with van der Waals surface area (Å²) in [6.45, 7) is 0.945. The third-order valence-electron chi connectivity index (χ3n) is 1.83. The molecule has 1 nitrogen and oxygen atoms in total. The number of para-hydroxylation sites is 1. The summed E-state index contributed by atoms with van der Waals surface area (Å²) < 4.78 is 1.77. The molecular weight excluding hydrogens is 146 g/mol. The molecule has 0 amide bonds. The maximum absolute atomic E-state index is 5.88. The third kappa shape index (κ3) is 0.781. The summed E-state index contributed by atoms with van der Waals surface area (Å²) >= 11 is 5.88. The molecule has 0 N–H and O–H groups in total. The molecule has 0 saturated carbocycles. The van der Waals surface area contributed by atoms with Crippen molar-refractivity contribution >= 4 is 17.5 Å². The minimum absolute atomic E-state index is 0.945. The van der Waals surface area contributed by atoms with Crippen LogP contribution in [0.15, 0.2) is 24.3 Å². The van der Waals surface area contributed by atoms with Gasteiger partial charge < -0.3 is 0 Å². The molecule has 10 heavy (non-hydrogen) atoms. The summed E-state index contributed by atoms with van der Waals surface area (Å²) in [5, 5.41) is 0. The van der Waals surface area contributed by atoms with Crippen molar-refractivity contribution in [3.8, 4) is 0 Å². The lowest BCUT2D eigenvalue weighted by molar-refractivity contribution is 1.05. The second-order valence-corrected chi connectivity index (χ2v) is 2.87. The van der Waals surface area contributed by atoms with E-state index in [1.807, 2.05) is 6.07 Å². The second-order valence-electron chi connectivity index (χ2n) is 2.46. The summed E-state index contributed by atoms with van der Waals surface area (Å²) in [5.41, 5.74) is 2.53. The molecule has 0 aliphatic carbocycles. The van der Waals surface area contributed by atoms with Crippen molar-refractivity contribution in [2.24, 2.45) is 0 Å². The van der Waals surface area contributed by atoms with Crippen molar-refractivity contribution in [2.75, 3.05) is 11.0 Å². The SMILES string of the molecule is ClN1CCc2ccccc21. The molecule has 0 bridgehead atoms. The summed E-state index contributed by atoms with van der Waals surface area (Å²) in [4.78, 5) is 0. The second kappa shape index (κ2) is 2.17. The Hall–Kier alpha value is -0.690. The van der Waals surface area contributed by atoms with Gasteiger partial charge in [0.2, 0.25) is 0 Å². The van der Waals surface area contributed by atoms with Crippen molar-refractivity contribution in [3.05, 3.63) is 29.8 Å². The Kier molecular flexibility index (Phi) is 1.31. The maximum Gasteiger partial charge on any atom is 0.0555 e. The molecule has 1 aliphatic heterocycles. The van der Waals surface area contributed by atoms with E-state index in [-0.39, 0.29) is 0 Å². The molecular formula is C8H8ClN. The molecule has 0 aromatic heterocycles. The summed E-state index contributed by atoms with van der Waals surface area (Å²) in [5.74, 6) is 0. The molecule has 1 aromatic rings. The Morgan fingerprint density at radius 3 is 2.90 bits per heavy atom. The Bertz CT molecular complexity index is 247. The maximum atomic E-state index is 5.88. The number of halogens is 1. The van der Waals surface area contributed by atoms with Crippen LogP contribution in [0.1, 0.15) is 5.56 Å². The fourth-order valence-corrected chi connectivity index (χ4v) is 1.55. The number of hydrogen-bond acceptors (Lipinski definition) is 1. The van der Waals surface area contributed by atoms with Crippen molar-refractivity contribution in [3.63, 3.8) is 0 Å². The third-order valence-corrected chi connectivity index (χ3v) is 2.18. The largest absolute Gasteiger partial charge is 0.285 e. The first-order chi connectivity index (χ1) is 4.88. The molecule has 52 valence electrons. The van der Waals surface area contributed by atoms with Gasteiger partial charge in [0.15, 0.2) is 0 Å². The van der Waals surface area contributed by atoms with E-state index in [1.165, 1.54) is 11.3 Å². The lowest BCUT2D eigenvalue weighted by Crippen LogP contribution is -2.03. The predicted molar refractivity (Wildman–Crippen MR) is 43.3 cm³/mol. The molecule has 1 aliphatic rings. The van der Waals surface area contributed by atoms with Crippen LogP contribution in [0.4, 0.5) is 5.69 Å². The molecule has 0 spiro atoms. The number of fused-ring (bicyclic) bond motifs is 1. The zero-order valence-corrected chi connectivity index (χ0v) is 6.30. The van der Waals surface area contributed by atoms with E-state index in [2.05, 4.69) is 18.2 Å². The Balaban J connectivity index is 2.51. The van der Waals surface area contributed by atoms with E-state index in [4.69, 9.17) is 11.8 Å². The lowest BCUT2D eigenvalue weighted by atomic mass is 10.2. The summed E-state index contributed by atoms with van der Waals surface area (Å²) in [6, 6.07) is 8.24. The van der Waals surface area contributed by atoms with E-state index in [0.717, 1.165) is 13.0 Å². The molecule has 1 heterocycles. The van der Waals surface area contributed by atoms with Gasteiger partial charge >= 0.3 is 0 Å². The van der Waals surface area contributed by atoms with Crippen molar-refractivity contribution in [1.82, 2.24) is 0 Å². The monoisotopic (exact) mass is 153 g/mol. The van der Waals surface area contributed by atoms with Crippen LogP contribution in [-0.2, 0) is 6.42 Å². The lowest BCUT2D eigenvalue weighted by Gasteiger charge is -2.06. The van der Waals surface area contributed by atoms with Crippen LogP contribution in [0.25, 0.3) is 0 Å². The quantitative estimate of drug-likeness (QED) is 0.517. The van der Waals surface area contributed by atoms with Gasteiger partial charge in [0.1, 0.15) is 0 Å². The van der Waals surface area contributed by atoms with E-state index in [9.17, 15) is 0 Å². The number of anilines is 1. The first-order valence-electron chi connectivity index (χ1n) is 3.39. The fourth-order valence-electron chi connectivity index (χ4n) is 1.30. The molecule has 0 fully saturated rings. The van der Waals surface area contributed by atoms with E-state index >= 15 is 0 Å². The molecule has 0 saturated heterocycles. The first-order valence-corrected chi connectivity index (χ1v) is 3.73. The minimum atomic E-state index is 0.945. The van der Waals surface area contributed by atoms with Gasteiger partial charge in [-0.25, -0.2) is 0 Å². The average Bonchev–Trinajstić information content (AvgIpc) is 2.34. The topological polar surface area (TPSA) is 3.24 Å². The van der Waals surface area contributed by atoms with Gasteiger partial charge in [0.05, 0.1) is 5.69 Å². The highest BCUT2D eigenvalue weighted by atomic mass is 35.5. The molecule has 1 aromatic carbocycles. The number of rotatable bonds is 0. The van der Waals surface area contributed by atoms with Crippen LogP contribution in [0.3, 0.4) is 0 Å². The van der Waals surface area contributed by atoms with Crippen LogP contribution < -0.4 is 4.42 Å². The van der Waals surface area contributed by atoms with E-state index in [1.54, 1.807) is 4.42 Å². The molecule has 0 atom stereocenters. The highest BCUT2D eigenvalue weighted by molar-refractivity contribution is 6.26. The van der Waals surface area contributed by atoms with Crippen LogP contribution >= 0.6 is 11.8 Å². The first kappa shape index (κ1) is 6.05. The van der Waals surface area contributed by atoms with E-state index in [0.29, 0.717) is 0 Å². The van der Waals surface area contributed by atoms with Crippen molar-refractivity contribution < 1.29 is 0 Å². The normalized spacial score (nSPS) is 15.5. The van der Waals surface area contributed by atoms with Gasteiger partial charge in [-0.1, -0.05) is 18.2 Å². The zero-order valence-electron chi connectivity index (χ0n) is 5.55. The molecule has 2 rings (SSSR count). The van der Waals surface area contributed by atoms with Crippen LogP contribution in [-0.4, -0.2) is 6.54 Å². The average molecular weight is 154 g/mol. The summed E-state index contributed by atoms with van der Waals surface area (Å²) in [6.07, 6.45) is 1.08. The fraction of sp³-hybridized carbons (Fsp3) is 0.250. The van der Waals surface area contributed by atoms with Gasteiger partial charge in [-0.05, 0) is 18.1 Å². The predicted octanol–water partition coefficient (Wildman–Crippen LogP) is 2.20. The molecule has 2 heteroatoms. The van der Waals surface area contributed by atoms with Gasteiger partial charge in [-0.3, -0.25) is 4.42 Å². The van der Waals surface area contributed by atoms with Crippen molar-refractivity contribution in [1.29, 1.82) is 0 Å². The highest BCUT2D eigenvalue weighted by Crippen LogP contribution is 2.28. The Labute approximate surface area is 65.3 Å². The molecule has 0 unspecified atom stereocenters. The number of benzene rings is 1. The number of nitrogens with zero attached hydrogens (tertiary/aromatic N) is 1. The minimum Gasteiger partial charge on any atom is -0.285 e. The van der Waals surface area contributed by atoms with Gasteiger partial charge in [0.25, 0.3) is 0 Å². The van der Waals surface area contributed by atoms with E-state index < -0.39 is 0 Å². The van der Waals surface area contributed by atoms with Gasteiger partial charge in [0, 0.05) is 18.3 Å². The molecule has 0 radical (unpaired) electrons. The standard InChI is InChI=1S/C8H8ClN/c9-10-6-5-7-3-1-2-4-8(7)10/h1-4H,5-6H2. The Morgan fingerprint density at radius 1 is 1.30 bits per heavy atom.